The Morgan fingerprint density at radius 2 is 1.39 bits per heavy atom. The molecule has 0 amide bonds. The maximum absolute atomic E-state index is 13.3. The van der Waals surface area contributed by atoms with Gasteiger partial charge in [0.1, 0.15) is 0 Å². The second-order valence-electron chi connectivity index (χ2n) is 6.50. The quantitative estimate of drug-likeness (QED) is 0.527. The fourth-order valence-corrected chi connectivity index (χ4v) is 6.70. The van der Waals surface area contributed by atoms with Crippen LogP contribution < -0.4 is 4.46 Å². The summed E-state index contributed by atoms with van der Waals surface area (Å²) in [6, 6.07) is 28.4. The first-order valence-electron chi connectivity index (χ1n) is 9.08. The normalized spacial score (nSPS) is 16.8. The maximum atomic E-state index is 13.3. The average Bonchev–Trinajstić information content (AvgIpc) is 3.20. The molecule has 0 aromatic heterocycles. The Morgan fingerprint density at radius 1 is 0.821 bits per heavy atom. The van der Waals surface area contributed by atoms with E-state index >= 15 is 0 Å². The van der Waals surface area contributed by atoms with Gasteiger partial charge < -0.3 is 0 Å². The van der Waals surface area contributed by atoms with Crippen molar-refractivity contribution in [2.75, 3.05) is 0 Å². The van der Waals surface area contributed by atoms with Crippen molar-refractivity contribution in [3.63, 3.8) is 0 Å². The predicted octanol–water partition coefficient (Wildman–Crippen LogP) is 4.07. The summed E-state index contributed by atoms with van der Waals surface area (Å²) in [4.78, 5) is 0.704. The third-order valence-electron chi connectivity index (χ3n) is 4.54. The van der Waals surface area contributed by atoms with Crippen LogP contribution in [0.5, 0.6) is 0 Å². The van der Waals surface area contributed by atoms with Gasteiger partial charge in [-0.05, 0) is 0 Å². The molecule has 0 fully saturated rings. The van der Waals surface area contributed by atoms with Crippen molar-refractivity contribution in [3.05, 3.63) is 101 Å². The second kappa shape index (κ2) is 8.36. The van der Waals surface area contributed by atoms with Crippen LogP contribution in [0.15, 0.2) is 101 Å². The number of sulfone groups is 1. The van der Waals surface area contributed by atoms with E-state index in [-0.39, 0.29) is 21.1 Å². The van der Waals surface area contributed by atoms with Crippen LogP contribution in [0.4, 0.5) is 0 Å². The van der Waals surface area contributed by atoms with E-state index in [1.165, 1.54) is 4.46 Å². The third-order valence-corrected chi connectivity index (χ3v) is 8.84. The zero-order chi connectivity index (χ0) is 19.4. The van der Waals surface area contributed by atoms with E-state index in [4.69, 9.17) is 4.74 Å². The van der Waals surface area contributed by atoms with Crippen molar-refractivity contribution < 1.29 is 13.2 Å². The minimum absolute atomic E-state index is 0.121. The summed E-state index contributed by atoms with van der Waals surface area (Å²) >= 11 is 0.236. The van der Waals surface area contributed by atoms with Crippen molar-refractivity contribution in [2.45, 2.75) is 22.7 Å². The van der Waals surface area contributed by atoms with Crippen LogP contribution >= 0.6 is 0 Å². The van der Waals surface area contributed by atoms with Crippen LogP contribution in [0.25, 0.3) is 5.76 Å². The standard InChI is InChI=1S/C23H20O3SSe/c24-27(25,20-12-6-2-7-13-20)22-16-19(17-28-21-14-8-3-9-15-21)26-23(22)18-10-4-1-5-11-18/h1-15,19H,16-17H2. The average molecular weight is 455 g/mol. The van der Waals surface area contributed by atoms with Crippen LogP contribution in [-0.2, 0) is 14.6 Å². The van der Waals surface area contributed by atoms with E-state index in [1.54, 1.807) is 24.3 Å². The van der Waals surface area contributed by atoms with Gasteiger partial charge in [0.15, 0.2) is 0 Å². The van der Waals surface area contributed by atoms with Crippen LogP contribution in [0, 0.1) is 0 Å². The Labute approximate surface area is 172 Å². The van der Waals surface area contributed by atoms with Gasteiger partial charge in [0.2, 0.25) is 0 Å². The summed E-state index contributed by atoms with van der Waals surface area (Å²) in [5.74, 6) is 0.498. The van der Waals surface area contributed by atoms with E-state index in [0.717, 1.165) is 10.9 Å². The van der Waals surface area contributed by atoms with Crippen molar-refractivity contribution in [3.8, 4) is 0 Å². The Balaban J connectivity index is 1.64. The molecule has 3 aromatic carbocycles. The fourth-order valence-electron chi connectivity index (χ4n) is 3.16. The molecule has 0 saturated carbocycles. The van der Waals surface area contributed by atoms with Crippen LogP contribution in [0.2, 0.25) is 5.32 Å². The number of ether oxygens (including phenoxy) is 1. The van der Waals surface area contributed by atoms with Crippen LogP contribution in [0.1, 0.15) is 12.0 Å². The summed E-state index contributed by atoms with van der Waals surface area (Å²) in [5, 5.41) is 0.834. The molecule has 1 atom stereocenters. The summed E-state index contributed by atoms with van der Waals surface area (Å²) in [6.07, 6.45) is 0.291. The number of benzene rings is 3. The van der Waals surface area contributed by atoms with Gasteiger partial charge in [0.05, 0.1) is 0 Å². The molecule has 1 unspecified atom stereocenters. The van der Waals surface area contributed by atoms with Gasteiger partial charge in [-0.15, -0.1) is 0 Å². The van der Waals surface area contributed by atoms with Crippen molar-refractivity contribution in [1.29, 1.82) is 0 Å². The Bertz CT molecular complexity index is 1060. The molecule has 0 aliphatic carbocycles. The van der Waals surface area contributed by atoms with E-state index in [0.29, 0.717) is 22.0 Å². The van der Waals surface area contributed by atoms with Crippen molar-refractivity contribution in [2.24, 2.45) is 0 Å². The first kappa shape index (κ1) is 19.0. The summed E-state index contributed by atoms with van der Waals surface area (Å²) in [7, 11) is -3.59. The number of hydrogen-bond donors (Lipinski definition) is 0. The van der Waals surface area contributed by atoms with Gasteiger partial charge >= 0.3 is 172 Å². The number of rotatable bonds is 6. The van der Waals surface area contributed by atoms with Gasteiger partial charge in [0.25, 0.3) is 0 Å². The van der Waals surface area contributed by atoms with Crippen molar-refractivity contribution in [1.82, 2.24) is 0 Å². The summed E-state index contributed by atoms with van der Waals surface area (Å²) < 4.78 is 34.1. The Morgan fingerprint density at radius 3 is 2.04 bits per heavy atom. The molecule has 0 saturated heterocycles. The molecule has 1 aliphatic heterocycles. The van der Waals surface area contributed by atoms with E-state index < -0.39 is 9.84 Å². The van der Waals surface area contributed by atoms with Gasteiger partial charge in [-0.2, -0.15) is 0 Å². The SMILES string of the molecule is O=S(=O)(C1=C(c2ccccc2)OC(C[Se]c2ccccc2)C1)c1ccccc1. The van der Waals surface area contributed by atoms with Gasteiger partial charge in [-0.3, -0.25) is 0 Å². The van der Waals surface area contributed by atoms with E-state index in [9.17, 15) is 8.42 Å². The zero-order valence-electron chi connectivity index (χ0n) is 15.2. The molecule has 5 heteroatoms. The predicted molar refractivity (Wildman–Crippen MR) is 113 cm³/mol. The van der Waals surface area contributed by atoms with Crippen LogP contribution in [-0.4, -0.2) is 29.5 Å². The molecule has 28 heavy (non-hydrogen) atoms. The topological polar surface area (TPSA) is 43.4 Å². The Hall–Kier alpha value is -2.33. The molecule has 0 bridgehead atoms. The fraction of sp³-hybridized carbons (Fsp3) is 0.130. The molecule has 142 valence electrons. The summed E-state index contributed by atoms with van der Waals surface area (Å²) in [5.41, 5.74) is 0.812. The molecule has 0 N–H and O–H groups in total. The molecule has 0 spiro atoms. The molecule has 1 aliphatic rings. The molecule has 3 nitrogen and oxygen atoms in total. The number of hydrogen-bond acceptors (Lipinski definition) is 3. The van der Waals surface area contributed by atoms with Gasteiger partial charge in [-0.1, -0.05) is 0 Å². The molecular weight excluding hydrogens is 435 g/mol. The minimum atomic E-state index is -3.59. The van der Waals surface area contributed by atoms with Crippen LogP contribution in [0.3, 0.4) is 0 Å². The molecular formula is C23H20O3SSe. The zero-order valence-corrected chi connectivity index (χ0v) is 17.7. The molecule has 0 radical (unpaired) electrons. The molecule has 1 heterocycles. The van der Waals surface area contributed by atoms with Gasteiger partial charge in [0, 0.05) is 0 Å². The summed E-state index contributed by atoms with van der Waals surface area (Å²) in [6.45, 7) is 0. The van der Waals surface area contributed by atoms with Gasteiger partial charge in [-0.25, -0.2) is 0 Å². The first-order chi connectivity index (χ1) is 13.6. The van der Waals surface area contributed by atoms with E-state index in [2.05, 4.69) is 12.1 Å². The van der Waals surface area contributed by atoms with E-state index in [1.807, 2.05) is 54.6 Å². The first-order valence-corrected chi connectivity index (χ1v) is 12.6. The monoisotopic (exact) mass is 456 g/mol. The molecule has 3 aromatic rings. The Kier molecular flexibility index (Phi) is 5.67. The molecule has 4 rings (SSSR count). The van der Waals surface area contributed by atoms with Crippen molar-refractivity contribution >= 4 is 35.0 Å². The third kappa shape index (κ3) is 4.07. The second-order valence-corrected chi connectivity index (χ2v) is 10.8.